The Morgan fingerprint density at radius 1 is 1.35 bits per heavy atom. The number of likely N-dealkylation sites (tertiary alicyclic amines) is 1. The summed E-state index contributed by atoms with van der Waals surface area (Å²) < 4.78 is 37.6. The molecule has 0 radical (unpaired) electrons. The fourth-order valence-electron chi connectivity index (χ4n) is 3.22. The van der Waals surface area contributed by atoms with Crippen LogP contribution in [0.15, 0.2) is 12.7 Å². The maximum absolute atomic E-state index is 11.8. The zero-order chi connectivity index (χ0) is 19.4. The average molecular weight is 378 g/mol. The summed E-state index contributed by atoms with van der Waals surface area (Å²) in [6.07, 6.45) is 1.67. The topological polar surface area (TPSA) is 70.1 Å². The molecule has 3 rings (SSSR count). The number of piperidine rings is 1. The second kappa shape index (κ2) is 8.39. The van der Waals surface area contributed by atoms with E-state index in [4.69, 9.17) is 14.6 Å². The van der Waals surface area contributed by atoms with Gasteiger partial charge in [-0.1, -0.05) is 6.08 Å². The van der Waals surface area contributed by atoms with Crippen LogP contribution >= 0.6 is 0 Å². The molecule has 3 fully saturated rings. The third kappa shape index (κ3) is 5.98. The lowest BCUT2D eigenvalue weighted by molar-refractivity contribution is -0.192. The molecule has 0 aromatic carbocycles. The van der Waals surface area contributed by atoms with E-state index in [1.165, 1.54) is 19.4 Å². The quantitative estimate of drug-likeness (QED) is 0.757. The number of halogens is 3. The van der Waals surface area contributed by atoms with Gasteiger partial charge in [0.2, 0.25) is 5.91 Å². The number of carboxylic acid groups (broad SMARTS) is 1. The van der Waals surface area contributed by atoms with Gasteiger partial charge in [0.1, 0.15) is 6.61 Å². The molecule has 0 aromatic rings. The number of amides is 1. The largest absolute Gasteiger partial charge is 0.490 e. The number of alkyl halides is 3. The summed E-state index contributed by atoms with van der Waals surface area (Å²) in [4.78, 5) is 25.1. The van der Waals surface area contributed by atoms with Crippen LogP contribution in [0.4, 0.5) is 13.2 Å². The fourth-order valence-corrected chi connectivity index (χ4v) is 3.22. The summed E-state index contributed by atoms with van der Waals surface area (Å²) in [6.45, 7) is 8.88. The molecule has 0 aromatic heterocycles. The lowest BCUT2D eigenvalue weighted by Crippen LogP contribution is -2.58. The van der Waals surface area contributed by atoms with Gasteiger partial charge in [-0.15, -0.1) is 6.58 Å². The van der Waals surface area contributed by atoms with E-state index < -0.39 is 12.1 Å². The number of carbonyl (C=O) groups excluding carboxylic acids is 1. The van der Waals surface area contributed by atoms with Crippen molar-refractivity contribution in [1.82, 2.24) is 9.80 Å². The van der Waals surface area contributed by atoms with Crippen LogP contribution < -0.4 is 0 Å². The van der Waals surface area contributed by atoms with Crippen LogP contribution in [0.2, 0.25) is 0 Å². The second-order valence-corrected chi connectivity index (χ2v) is 7.08. The summed E-state index contributed by atoms with van der Waals surface area (Å²) in [7, 11) is 0. The molecule has 0 atom stereocenters. The molecular weight excluding hydrogens is 353 g/mol. The molecule has 3 aliphatic rings. The van der Waals surface area contributed by atoms with E-state index in [1.807, 2.05) is 4.90 Å². The molecule has 6 nitrogen and oxygen atoms in total. The van der Waals surface area contributed by atoms with Crippen molar-refractivity contribution in [2.24, 2.45) is 5.92 Å². The van der Waals surface area contributed by atoms with Gasteiger partial charge in [-0.3, -0.25) is 4.79 Å². The first kappa shape index (κ1) is 20.7. The van der Waals surface area contributed by atoms with Gasteiger partial charge in [0.25, 0.3) is 0 Å². The number of carboxylic acids is 1. The van der Waals surface area contributed by atoms with Crippen molar-refractivity contribution in [1.29, 1.82) is 0 Å². The number of carbonyl (C=O) groups is 2. The van der Waals surface area contributed by atoms with Gasteiger partial charge in [-0.2, -0.15) is 13.2 Å². The number of morpholine rings is 1. The number of hydrogen-bond donors (Lipinski definition) is 1. The first-order valence-corrected chi connectivity index (χ1v) is 8.70. The van der Waals surface area contributed by atoms with Crippen molar-refractivity contribution in [3.05, 3.63) is 12.7 Å². The summed E-state index contributed by atoms with van der Waals surface area (Å²) in [5.74, 6) is -1.70. The Bertz CT molecular complexity index is 527. The van der Waals surface area contributed by atoms with Crippen molar-refractivity contribution in [3.63, 3.8) is 0 Å². The van der Waals surface area contributed by atoms with Gasteiger partial charge in [-0.05, 0) is 31.6 Å². The Kier molecular flexibility index (Phi) is 6.68. The highest BCUT2D eigenvalue weighted by atomic mass is 19.4. The Balaban J connectivity index is 0.000000298. The Morgan fingerprint density at radius 3 is 2.38 bits per heavy atom. The highest BCUT2D eigenvalue weighted by Gasteiger charge is 2.42. The third-order valence-electron chi connectivity index (χ3n) is 4.91. The van der Waals surface area contributed by atoms with E-state index in [0.717, 1.165) is 38.4 Å². The zero-order valence-electron chi connectivity index (χ0n) is 14.6. The molecule has 1 aliphatic carbocycles. The molecule has 2 saturated heterocycles. The van der Waals surface area contributed by atoms with Crippen molar-refractivity contribution in [3.8, 4) is 0 Å². The van der Waals surface area contributed by atoms with Crippen LogP contribution in [0.5, 0.6) is 0 Å². The average Bonchev–Trinajstić information content (AvgIpc) is 3.38. The molecule has 2 heterocycles. The normalized spacial score (nSPS) is 23.3. The minimum atomic E-state index is -5.08. The number of nitrogens with zero attached hydrogens (tertiary/aromatic N) is 2. The number of hydrogen-bond acceptors (Lipinski definition) is 4. The molecule has 1 saturated carbocycles. The van der Waals surface area contributed by atoms with Crippen LogP contribution in [0.1, 0.15) is 25.7 Å². The van der Waals surface area contributed by atoms with E-state index in [0.29, 0.717) is 6.54 Å². The van der Waals surface area contributed by atoms with Crippen molar-refractivity contribution in [2.75, 3.05) is 39.3 Å². The zero-order valence-corrected chi connectivity index (χ0v) is 14.6. The highest BCUT2D eigenvalue weighted by molar-refractivity contribution is 5.78. The van der Waals surface area contributed by atoms with Gasteiger partial charge < -0.3 is 19.6 Å². The van der Waals surface area contributed by atoms with E-state index in [-0.39, 0.29) is 18.1 Å². The fraction of sp³-hybridized carbons (Fsp3) is 0.765. The van der Waals surface area contributed by atoms with Crippen molar-refractivity contribution < 1.29 is 32.6 Å². The van der Waals surface area contributed by atoms with Gasteiger partial charge >= 0.3 is 12.1 Å². The monoisotopic (exact) mass is 378 g/mol. The predicted octanol–water partition coefficient (Wildman–Crippen LogP) is 1.91. The third-order valence-corrected chi connectivity index (χ3v) is 4.91. The molecule has 26 heavy (non-hydrogen) atoms. The Labute approximate surface area is 150 Å². The van der Waals surface area contributed by atoms with Gasteiger partial charge in [-0.25, -0.2) is 4.79 Å². The molecule has 0 unspecified atom stereocenters. The number of ether oxygens (including phenoxy) is 1. The van der Waals surface area contributed by atoms with Crippen LogP contribution in [-0.2, 0) is 14.3 Å². The number of rotatable bonds is 4. The molecule has 1 amide bonds. The maximum Gasteiger partial charge on any atom is 0.490 e. The lowest BCUT2D eigenvalue weighted by atomic mass is 9.89. The van der Waals surface area contributed by atoms with Gasteiger partial charge in [0.05, 0.1) is 12.1 Å². The Hall–Kier alpha value is -1.61. The first-order chi connectivity index (χ1) is 12.1. The van der Waals surface area contributed by atoms with Crippen LogP contribution in [-0.4, -0.2) is 77.9 Å². The molecule has 1 N–H and O–H groups in total. The second-order valence-electron chi connectivity index (χ2n) is 7.08. The highest BCUT2D eigenvalue weighted by Crippen LogP contribution is 2.34. The Morgan fingerprint density at radius 2 is 1.92 bits per heavy atom. The van der Waals surface area contributed by atoms with E-state index in [9.17, 15) is 18.0 Å². The minimum Gasteiger partial charge on any atom is -0.475 e. The minimum absolute atomic E-state index is 0.0863. The van der Waals surface area contributed by atoms with Crippen LogP contribution in [0.3, 0.4) is 0 Å². The van der Waals surface area contributed by atoms with Gasteiger partial charge in [0.15, 0.2) is 0 Å². The first-order valence-electron chi connectivity index (χ1n) is 8.70. The smallest absolute Gasteiger partial charge is 0.475 e. The molecular formula is C17H25F3N2O4. The van der Waals surface area contributed by atoms with E-state index in [1.54, 1.807) is 6.08 Å². The van der Waals surface area contributed by atoms with Crippen molar-refractivity contribution >= 4 is 11.9 Å². The molecule has 148 valence electrons. The lowest BCUT2D eigenvalue weighted by Gasteiger charge is -2.47. The van der Waals surface area contributed by atoms with E-state index >= 15 is 0 Å². The van der Waals surface area contributed by atoms with Gasteiger partial charge in [0, 0.05) is 26.2 Å². The molecule has 9 heteroatoms. The SMILES string of the molecule is C=CCN1CC2(CCN(CC3CC3)CC2)OCC1=O.O=C(O)C(F)(F)F. The summed E-state index contributed by atoms with van der Waals surface area (Å²) in [6, 6.07) is 0. The summed E-state index contributed by atoms with van der Waals surface area (Å²) >= 11 is 0. The van der Waals surface area contributed by atoms with Crippen molar-refractivity contribution in [2.45, 2.75) is 37.5 Å². The van der Waals surface area contributed by atoms with E-state index in [2.05, 4.69) is 11.5 Å². The predicted molar refractivity (Wildman–Crippen MR) is 87.5 cm³/mol. The maximum atomic E-state index is 11.8. The molecule has 0 bridgehead atoms. The summed E-state index contributed by atoms with van der Waals surface area (Å²) in [5.41, 5.74) is -0.0863. The molecule has 2 aliphatic heterocycles. The summed E-state index contributed by atoms with van der Waals surface area (Å²) in [5, 5.41) is 7.12. The standard InChI is InChI=1S/C15H24N2O2.C2HF3O2/c1-2-7-17-12-15(19-11-14(17)18)5-8-16(9-6-15)10-13-3-4-13;3-2(4,5)1(6)7/h2,13H,1,3-12H2;(H,6,7). The number of aliphatic carboxylic acids is 1. The molecule has 1 spiro atoms. The van der Waals surface area contributed by atoms with Crippen LogP contribution in [0.25, 0.3) is 0 Å². The van der Waals surface area contributed by atoms with Crippen LogP contribution in [0, 0.1) is 5.92 Å².